The standard InChI is InChI=1S/C8H10Cl2N4O2S/c9-6-7(11-8(10)13-12-6)14-2-1-4-17(15,16)5-3-14/h1-5H2. The third kappa shape index (κ3) is 3.17. The van der Waals surface area contributed by atoms with E-state index in [1.165, 1.54) is 0 Å². The summed E-state index contributed by atoms with van der Waals surface area (Å²) in [5.41, 5.74) is 0. The predicted molar refractivity (Wildman–Crippen MR) is 65.3 cm³/mol. The van der Waals surface area contributed by atoms with Gasteiger partial charge in [0.2, 0.25) is 5.28 Å². The molecule has 0 spiro atoms. The Labute approximate surface area is 109 Å². The number of aromatic nitrogens is 3. The molecule has 17 heavy (non-hydrogen) atoms. The summed E-state index contributed by atoms with van der Waals surface area (Å²) in [5, 5.41) is 7.29. The molecule has 0 unspecified atom stereocenters. The average Bonchev–Trinajstić information content (AvgIpc) is 2.43. The third-order valence-corrected chi connectivity index (χ3v) is 4.58. The van der Waals surface area contributed by atoms with E-state index >= 15 is 0 Å². The van der Waals surface area contributed by atoms with E-state index in [2.05, 4.69) is 15.2 Å². The molecule has 1 fully saturated rings. The van der Waals surface area contributed by atoms with Crippen molar-refractivity contribution in [3.05, 3.63) is 10.4 Å². The molecule has 0 saturated carbocycles. The van der Waals surface area contributed by atoms with Crippen molar-refractivity contribution in [3.8, 4) is 0 Å². The van der Waals surface area contributed by atoms with Crippen molar-refractivity contribution in [3.63, 3.8) is 0 Å². The van der Waals surface area contributed by atoms with Gasteiger partial charge in [0.05, 0.1) is 11.5 Å². The van der Waals surface area contributed by atoms with Crippen LogP contribution in [0.25, 0.3) is 0 Å². The first kappa shape index (κ1) is 12.8. The summed E-state index contributed by atoms with van der Waals surface area (Å²) in [7, 11) is -2.96. The second kappa shape index (κ2) is 4.91. The normalized spacial score (nSPS) is 20.0. The molecule has 2 heterocycles. The van der Waals surface area contributed by atoms with Gasteiger partial charge in [0.1, 0.15) is 0 Å². The lowest BCUT2D eigenvalue weighted by Gasteiger charge is -2.20. The monoisotopic (exact) mass is 296 g/mol. The zero-order valence-corrected chi connectivity index (χ0v) is 11.1. The number of sulfone groups is 1. The van der Waals surface area contributed by atoms with Gasteiger partial charge in [-0.2, -0.15) is 4.98 Å². The molecule has 0 amide bonds. The van der Waals surface area contributed by atoms with Crippen molar-refractivity contribution in [2.45, 2.75) is 6.42 Å². The summed E-state index contributed by atoms with van der Waals surface area (Å²) in [6.45, 7) is 0.908. The molecule has 1 aliphatic heterocycles. The molecule has 0 aromatic carbocycles. The quantitative estimate of drug-likeness (QED) is 0.763. The molecule has 94 valence electrons. The van der Waals surface area contributed by atoms with Crippen molar-refractivity contribution in [2.24, 2.45) is 0 Å². The number of rotatable bonds is 1. The Bertz CT molecular complexity index is 522. The molecule has 1 aromatic heterocycles. The average molecular weight is 297 g/mol. The molecule has 0 bridgehead atoms. The first-order valence-corrected chi connectivity index (χ1v) is 7.57. The second-order valence-electron chi connectivity index (χ2n) is 3.69. The Kier molecular flexibility index (Phi) is 3.70. The molecule has 1 aromatic rings. The summed E-state index contributed by atoms with van der Waals surface area (Å²) in [6.07, 6.45) is 0.542. The van der Waals surface area contributed by atoms with E-state index in [1.807, 2.05) is 0 Å². The van der Waals surface area contributed by atoms with Crippen LogP contribution in [0, 0.1) is 0 Å². The number of hydrogen-bond donors (Lipinski definition) is 0. The van der Waals surface area contributed by atoms with Crippen LogP contribution in [0.4, 0.5) is 5.82 Å². The minimum atomic E-state index is -2.96. The van der Waals surface area contributed by atoms with E-state index in [4.69, 9.17) is 23.2 Å². The van der Waals surface area contributed by atoms with Crippen molar-refractivity contribution in [2.75, 3.05) is 29.5 Å². The Balaban J connectivity index is 2.25. The maximum Gasteiger partial charge on any atom is 0.245 e. The minimum absolute atomic E-state index is 0.00324. The van der Waals surface area contributed by atoms with Crippen LogP contribution in [0.3, 0.4) is 0 Å². The molecule has 0 N–H and O–H groups in total. The van der Waals surface area contributed by atoms with Gasteiger partial charge in [-0.25, -0.2) is 8.42 Å². The SMILES string of the molecule is O=S1(=O)CCCN(c2nc(Cl)nnc2Cl)CC1. The fraction of sp³-hybridized carbons (Fsp3) is 0.625. The summed E-state index contributed by atoms with van der Waals surface area (Å²) in [6, 6.07) is 0. The van der Waals surface area contributed by atoms with Crippen LogP contribution in [0.2, 0.25) is 10.4 Å². The lowest BCUT2D eigenvalue weighted by molar-refractivity contribution is 0.597. The van der Waals surface area contributed by atoms with Crippen LogP contribution in [0.1, 0.15) is 6.42 Å². The maximum absolute atomic E-state index is 11.5. The van der Waals surface area contributed by atoms with Crippen LogP contribution < -0.4 is 4.90 Å². The molecule has 0 atom stereocenters. The highest BCUT2D eigenvalue weighted by Crippen LogP contribution is 2.22. The Hall–Kier alpha value is -0.660. The van der Waals surface area contributed by atoms with Crippen LogP contribution in [-0.2, 0) is 9.84 Å². The molecule has 1 saturated heterocycles. The van der Waals surface area contributed by atoms with Gasteiger partial charge in [-0.05, 0) is 18.0 Å². The van der Waals surface area contributed by atoms with Crippen molar-refractivity contribution in [1.29, 1.82) is 0 Å². The molecule has 0 aliphatic carbocycles. The highest BCUT2D eigenvalue weighted by atomic mass is 35.5. The van der Waals surface area contributed by atoms with E-state index in [-0.39, 0.29) is 21.9 Å². The van der Waals surface area contributed by atoms with Gasteiger partial charge in [0, 0.05) is 13.1 Å². The maximum atomic E-state index is 11.5. The minimum Gasteiger partial charge on any atom is -0.353 e. The van der Waals surface area contributed by atoms with Gasteiger partial charge in [-0.15, -0.1) is 10.2 Å². The summed E-state index contributed by atoms with van der Waals surface area (Å²) in [5.74, 6) is 0.668. The summed E-state index contributed by atoms with van der Waals surface area (Å²) >= 11 is 11.5. The molecule has 2 rings (SSSR count). The van der Waals surface area contributed by atoms with Crippen LogP contribution in [-0.4, -0.2) is 48.2 Å². The van der Waals surface area contributed by atoms with E-state index < -0.39 is 9.84 Å². The van der Waals surface area contributed by atoms with Gasteiger partial charge in [0.15, 0.2) is 20.8 Å². The van der Waals surface area contributed by atoms with E-state index in [0.717, 1.165) is 0 Å². The van der Waals surface area contributed by atoms with Gasteiger partial charge < -0.3 is 4.90 Å². The van der Waals surface area contributed by atoms with Gasteiger partial charge in [0.25, 0.3) is 0 Å². The van der Waals surface area contributed by atoms with Crippen molar-refractivity contribution < 1.29 is 8.42 Å². The lowest BCUT2D eigenvalue weighted by atomic mass is 10.4. The molecule has 9 heteroatoms. The fourth-order valence-electron chi connectivity index (χ4n) is 1.64. The number of halogens is 2. The Morgan fingerprint density at radius 2 is 1.88 bits per heavy atom. The number of anilines is 1. The smallest absolute Gasteiger partial charge is 0.245 e. The van der Waals surface area contributed by atoms with Crippen molar-refractivity contribution in [1.82, 2.24) is 15.2 Å². The van der Waals surface area contributed by atoms with Crippen LogP contribution in [0.15, 0.2) is 0 Å². The molecule has 0 radical (unpaired) electrons. The van der Waals surface area contributed by atoms with E-state index in [9.17, 15) is 8.42 Å². The third-order valence-electron chi connectivity index (χ3n) is 2.46. The Morgan fingerprint density at radius 1 is 1.12 bits per heavy atom. The largest absolute Gasteiger partial charge is 0.353 e. The fourth-order valence-corrected chi connectivity index (χ4v) is 3.23. The summed E-state index contributed by atoms with van der Waals surface area (Å²) < 4.78 is 22.9. The Morgan fingerprint density at radius 3 is 2.65 bits per heavy atom. The zero-order chi connectivity index (χ0) is 12.5. The highest BCUT2D eigenvalue weighted by Gasteiger charge is 2.22. The van der Waals surface area contributed by atoms with Crippen LogP contribution >= 0.6 is 23.2 Å². The van der Waals surface area contributed by atoms with Crippen molar-refractivity contribution >= 4 is 38.9 Å². The van der Waals surface area contributed by atoms with E-state index in [1.54, 1.807) is 4.90 Å². The second-order valence-corrected chi connectivity index (χ2v) is 6.69. The molecule has 1 aliphatic rings. The zero-order valence-electron chi connectivity index (χ0n) is 8.81. The predicted octanol–water partition coefficient (Wildman–Crippen LogP) is 0.803. The molecule has 6 nitrogen and oxygen atoms in total. The summed E-state index contributed by atoms with van der Waals surface area (Å²) in [4.78, 5) is 5.75. The van der Waals surface area contributed by atoms with Crippen LogP contribution in [0.5, 0.6) is 0 Å². The van der Waals surface area contributed by atoms with Gasteiger partial charge in [-0.1, -0.05) is 11.6 Å². The molecular formula is C8H10Cl2N4O2S. The van der Waals surface area contributed by atoms with Gasteiger partial charge >= 0.3 is 0 Å². The van der Waals surface area contributed by atoms with Gasteiger partial charge in [-0.3, -0.25) is 0 Å². The number of nitrogens with zero attached hydrogens (tertiary/aromatic N) is 4. The first-order valence-electron chi connectivity index (χ1n) is 4.99. The lowest BCUT2D eigenvalue weighted by Crippen LogP contribution is -2.28. The molecular weight excluding hydrogens is 287 g/mol. The first-order chi connectivity index (χ1) is 7.98. The highest BCUT2D eigenvalue weighted by molar-refractivity contribution is 7.91. The van der Waals surface area contributed by atoms with E-state index in [0.29, 0.717) is 25.3 Å². The number of hydrogen-bond acceptors (Lipinski definition) is 6. The topological polar surface area (TPSA) is 76.1 Å².